The molecule has 0 amide bonds. The molecule has 0 aliphatic rings. The fraction of sp³-hybridized carbons (Fsp3) is 0.222. The average Bonchev–Trinajstić information content (AvgIpc) is 2.12. The summed E-state index contributed by atoms with van der Waals surface area (Å²) in [5.41, 5.74) is 0. The van der Waals surface area contributed by atoms with E-state index in [9.17, 15) is 4.79 Å². The van der Waals surface area contributed by atoms with Crippen molar-refractivity contribution in [1.82, 2.24) is 0 Å². The van der Waals surface area contributed by atoms with Crippen LogP contribution in [-0.4, -0.2) is 12.6 Å². The normalized spacial score (nSPS) is 5.55. The van der Waals surface area contributed by atoms with Crippen molar-refractivity contribution in [2.45, 2.75) is 6.92 Å². The third-order valence-electron chi connectivity index (χ3n) is 0.453. The standard InChI is InChI=1S/C5H8O2.2C2H4/c1-3-5(6)7-4-2;2*1-2/h3H,1,4H2,2H3;2*1-2H2. The average molecular weight is 156 g/mol. The van der Waals surface area contributed by atoms with E-state index in [2.05, 4.69) is 37.6 Å². The first kappa shape index (κ1) is 16.3. The van der Waals surface area contributed by atoms with Crippen molar-refractivity contribution in [3.05, 3.63) is 39.0 Å². The van der Waals surface area contributed by atoms with Crippen LogP contribution in [0.3, 0.4) is 0 Å². The molecule has 0 aromatic carbocycles. The minimum atomic E-state index is -0.359. The van der Waals surface area contributed by atoms with Crippen molar-refractivity contribution in [3.63, 3.8) is 0 Å². The molecule has 0 saturated carbocycles. The second kappa shape index (κ2) is 23.4. The lowest BCUT2D eigenvalue weighted by molar-refractivity contribution is -0.137. The third-order valence-corrected chi connectivity index (χ3v) is 0.453. The number of rotatable bonds is 2. The summed E-state index contributed by atoms with van der Waals surface area (Å²) in [5, 5.41) is 0. The maximum absolute atomic E-state index is 10.1. The number of carbonyl (C=O) groups excluding carboxylic acids is 1. The van der Waals surface area contributed by atoms with E-state index in [1.165, 1.54) is 0 Å². The molecule has 0 radical (unpaired) electrons. The van der Waals surface area contributed by atoms with Gasteiger partial charge < -0.3 is 4.74 Å². The number of carbonyl (C=O) groups is 1. The van der Waals surface area contributed by atoms with Gasteiger partial charge in [-0.05, 0) is 6.92 Å². The maximum atomic E-state index is 10.1. The Bertz CT molecular complexity index is 95.7. The van der Waals surface area contributed by atoms with Gasteiger partial charge in [-0.25, -0.2) is 4.79 Å². The summed E-state index contributed by atoms with van der Waals surface area (Å²) in [6.07, 6.45) is 1.14. The molecule has 2 nitrogen and oxygen atoms in total. The quantitative estimate of drug-likeness (QED) is 0.348. The van der Waals surface area contributed by atoms with Crippen LogP contribution < -0.4 is 0 Å². The molecule has 0 heterocycles. The molecular weight excluding hydrogens is 140 g/mol. The van der Waals surface area contributed by atoms with Gasteiger partial charge in [0.15, 0.2) is 0 Å². The molecule has 11 heavy (non-hydrogen) atoms. The van der Waals surface area contributed by atoms with Crippen molar-refractivity contribution < 1.29 is 9.53 Å². The number of esters is 1. The van der Waals surface area contributed by atoms with Crippen LogP contribution in [0.4, 0.5) is 0 Å². The van der Waals surface area contributed by atoms with E-state index in [0.29, 0.717) is 6.61 Å². The van der Waals surface area contributed by atoms with E-state index in [-0.39, 0.29) is 5.97 Å². The van der Waals surface area contributed by atoms with Crippen molar-refractivity contribution in [1.29, 1.82) is 0 Å². The molecule has 2 heteroatoms. The van der Waals surface area contributed by atoms with Gasteiger partial charge in [0, 0.05) is 6.08 Å². The molecule has 0 aromatic rings. The molecule has 0 aliphatic carbocycles. The Morgan fingerprint density at radius 2 is 1.73 bits per heavy atom. The molecule has 0 N–H and O–H groups in total. The van der Waals surface area contributed by atoms with Crippen LogP contribution in [0, 0.1) is 0 Å². The van der Waals surface area contributed by atoms with Crippen LogP contribution in [0.2, 0.25) is 0 Å². The molecule has 0 aliphatic heterocycles. The molecule has 0 spiro atoms. The molecule has 0 bridgehead atoms. The first-order valence-electron chi connectivity index (χ1n) is 3.10. The van der Waals surface area contributed by atoms with Gasteiger partial charge in [-0.1, -0.05) is 6.58 Å². The lowest BCUT2D eigenvalue weighted by Gasteiger charge is -1.90. The van der Waals surface area contributed by atoms with Gasteiger partial charge in [-0.2, -0.15) is 0 Å². The monoisotopic (exact) mass is 156 g/mol. The van der Waals surface area contributed by atoms with E-state index in [0.717, 1.165) is 6.08 Å². The summed E-state index contributed by atoms with van der Waals surface area (Å²) in [5.74, 6) is -0.359. The van der Waals surface area contributed by atoms with Crippen molar-refractivity contribution in [2.75, 3.05) is 6.61 Å². The summed E-state index contributed by atoms with van der Waals surface area (Å²) in [4.78, 5) is 10.1. The topological polar surface area (TPSA) is 26.3 Å². The molecule has 0 fully saturated rings. The third kappa shape index (κ3) is 28.6. The Morgan fingerprint density at radius 1 is 1.36 bits per heavy atom. The first-order valence-corrected chi connectivity index (χ1v) is 3.10. The van der Waals surface area contributed by atoms with Gasteiger partial charge in [0.2, 0.25) is 0 Å². The second-order valence-electron chi connectivity index (χ2n) is 0.956. The number of ether oxygens (including phenoxy) is 1. The van der Waals surface area contributed by atoms with E-state index in [4.69, 9.17) is 0 Å². The molecule has 0 unspecified atom stereocenters. The molecule has 0 atom stereocenters. The Balaban J connectivity index is -0.000000138. The Hall–Kier alpha value is -1.31. The van der Waals surface area contributed by atoms with E-state index < -0.39 is 0 Å². The summed E-state index contributed by atoms with van der Waals surface area (Å²) in [7, 11) is 0. The first-order chi connectivity index (χ1) is 5.31. The summed E-state index contributed by atoms with van der Waals surface area (Å²) < 4.78 is 4.43. The molecule has 0 saturated heterocycles. The van der Waals surface area contributed by atoms with E-state index in [1.54, 1.807) is 6.92 Å². The minimum Gasteiger partial charge on any atom is -0.463 e. The maximum Gasteiger partial charge on any atom is 0.330 e. The second-order valence-corrected chi connectivity index (χ2v) is 0.956. The summed E-state index contributed by atoms with van der Waals surface area (Å²) in [6, 6.07) is 0. The molecular formula is C9H16O2. The van der Waals surface area contributed by atoms with E-state index >= 15 is 0 Å². The predicted octanol–water partition coefficient (Wildman–Crippen LogP) is 2.34. The highest BCUT2D eigenvalue weighted by Crippen LogP contribution is 1.74. The SMILES string of the molecule is C=C.C=C.C=CC(=O)OCC. The predicted molar refractivity (Wildman–Crippen MR) is 49.3 cm³/mol. The highest BCUT2D eigenvalue weighted by atomic mass is 16.5. The van der Waals surface area contributed by atoms with Crippen LogP contribution in [0.25, 0.3) is 0 Å². The zero-order valence-corrected chi connectivity index (χ0v) is 7.14. The van der Waals surface area contributed by atoms with Gasteiger partial charge in [-0.3, -0.25) is 0 Å². The lowest BCUT2D eigenvalue weighted by atomic mass is 10.6. The lowest BCUT2D eigenvalue weighted by Crippen LogP contribution is -1.97. The fourth-order valence-electron chi connectivity index (χ4n) is 0.201. The molecule has 64 valence electrons. The van der Waals surface area contributed by atoms with Gasteiger partial charge in [0.1, 0.15) is 0 Å². The fourth-order valence-corrected chi connectivity index (χ4v) is 0.201. The van der Waals surface area contributed by atoms with Crippen LogP contribution in [0.1, 0.15) is 6.92 Å². The van der Waals surface area contributed by atoms with Crippen molar-refractivity contribution >= 4 is 5.97 Å². The van der Waals surface area contributed by atoms with Gasteiger partial charge >= 0.3 is 5.97 Å². The number of hydrogen-bond acceptors (Lipinski definition) is 2. The Kier molecular flexibility index (Phi) is 34.7. The van der Waals surface area contributed by atoms with Crippen molar-refractivity contribution in [3.8, 4) is 0 Å². The minimum absolute atomic E-state index is 0.359. The number of hydrogen-bond donors (Lipinski definition) is 0. The molecule has 0 rings (SSSR count). The Labute approximate surface area is 68.9 Å². The van der Waals surface area contributed by atoms with Crippen LogP contribution in [-0.2, 0) is 9.53 Å². The molecule has 0 aromatic heterocycles. The van der Waals surface area contributed by atoms with Crippen LogP contribution in [0.15, 0.2) is 39.0 Å². The smallest absolute Gasteiger partial charge is 0.330 e. The largest absolute Gasteiger partial charge is 0.463 e. The summed E-state index contributed by atoms with van der Waals surface area (Å²) in [6.45, 7) is 17.4. The van der Waals surface area contributed by atoms with E-state index in [1.807, 2.05) is 0 Å². The van der Waals surface area contributed by atoms with Gasteiger partial charge in [0.05, 0.1) is 6.61 Å². The zero-order chi connectivity index (χ0) is 9.70. The highest BCUT2D eigenvalue weighted by molar-refractivity contribution is 5.81. The van der Waals surface area contributed by atoms with Crippen molar-refractivity contribution in [2.24, 2.45) is 0 Å². The highest BCUT2D eigenvalue weighted by Gasteiger charge is 1.86. The summed E-state index contributed by atoms with van der Waals surface area (Å²) >= 11 is 0. The van der Waals surface area contributed by atoms with Gasteiger partial charge in [-0.15, -0.1) is 26.3 Å². The van der Waals surface area contributed by atoms with Crippen LogP contribution >= 0.6 is 0 Å². The van der Waals surface area contributed by atoms with Gasteiger partial charge in [0.25, 0.3) is 0 Å². The zero-order valence-electron chi connectivity index (χ0n) is 7.14. The van der Waals surface area contributed by atoms with Crippen LogP contribution in [0.5, 0.6) is 0 Å². The Morgan fingerprint density at radius 3 is 1.82 bits per heavy atom.